The third kappa shape index (κ3) is 16.1. The summed E-state index contributed by atoms with van der Waals surface area (Å²) in [6.45, 7) is 2.85. The lowest BCUT2D eigenvalue weighted by molar-refractivity contribution is -0.0311. The lowest BCUT2D eigenvalue weighted by Gasteiger charge is -2.14. The van der Waals surface area contributed by atoms with Crippen molar-refractivity contribution in [2.75, 3.05) is 26.9 Å². The average Bonchev–Trinajstić information content (AvgIpc) is 2.60. The van der Waals surface area contributed by atoms with Crippen LogP contribution in [0, 0.1) is 0 Å². The minimum absolute atomic E-state index is 0.212. The Morgan fingerprint density at radius 3 is 1.83 bits per heavy atom. The highest BCUT2D eigenvalue weighted by atomic mass is 16.7. The Morgan fingerprint density at radius 2 is 1.38 bits per heavy atom. The maximum Gasteiger partial charge on any atom is 0.508 e. The Balaban J connectivity index is 3.23. The summed E-state index contributed by atoms with van der Waals surface area (Å²) in [4.78, 5) is 10.9. The summed E-state index contributed by atoms with van der Waals surface area (Å²) in [5.74, 6) is 0. The first kappa shape index (κ1) is 23.2. The van der Waals surface area contributed by atoms with Crippen LogP contribution >= 0.6 is 0 Å². The molecule has 0 spiro atoms. The maximum absolute atomic E-state index is 10.9. The largest absolute Gasteiger partial charge is 0.508 e. The molecule has 5 nitrogen and oxygen atoms in total. The summed E-state index contributed by atoms with van der Waals surface area (Å²) >= 11 is 0. The van der Waals surface area contributed by atoms with E-state index in [1.54, 1.807) is 0 Å². The molecule has 0 rings (SSSR count). The van der Waals surface area contributed by atoms with Crippen LogP contribution in [0.2, 0.25) is 0 Å². The van der Waals surface area contributed by atoms with Crippen molar-refractivity contribution < 1.29 is 24.1 Å². The zero-order chi connectivity index (χ0) is 17.9. The van der Waals surface area contributed by atoms with Gasteiger partial charge in [-0.25, -0.2) is 4.79 Å². The number of carbonyl (C=O) groups is 1. The van der Waals surface area contributed by atoms with Gasteiger partial charge >= 0.3 is 6.16 Å². The molecule has 0 aliphatic carbocycles. The maximum atomic E-state index is 10.9. The lowest BCUT2D eigenvalue weighted by Crippen LogP contribution is -2.27. The predicted molar refractivity (Wildman–Crippen MR) is 96.3 cm³/mol. The number of ether oxygens (including phenoxy) is 3. The quantitative estimate of drug-likeness (QED) is 0.301. The van der Waals surface area contributed by atoms with E-state index in [4.69, 9.17) is 14.6 Å². The molecule has 0 aromatic heterocycles. The van der Waals surface area contributed by atoms with Gasteiger partial charge in [0.25, 0.3) is 0 Å². The van der Waals surface area contributed by atoms with Crippen LogP contribution < -0.4 is 0 Å². The minimum atomic E-state index is -0.789. The monoisotopic (exact) mass is 346 g/mol. The summed E-state index contributed by atoms with van der Waals surface area (Å²) in [5.41, 5.74) is 0. The third-order valence-electron chi connectivity index (χ3n) is 4.08. The van der Waals surface area contributed by atoms with Gasteiger partial charge in [0.2, 0.25) is 0 Å². The van der Waals surface area contributed by atoms with E-state index in [-0.39, 0.29) is 13.2 Å². The molecular weight excluding hydrogens is 308 g/mol. The van der Waals surface area contributed by atoms with Crippen molar-refractivity contribution in [2.24, 2.45) is 0 Å². The SMILES string of the molecule is CCCCCCCCCCCCCCOCC(CO)OC(=O)OC. The van der Waals surface area contributed by atoms with E-state index in [1.807, 2.05) is 0 Å². The molecule has 0 bridgehead atoms. The van der Waals surface area contributed by atoms with E-state index in [0.29, 0.717) is 6.61 Å². The van der Waals surface area contributed by atoms with E-state index in [1.165, 1.54) is 71.3 Å². The molecule has 1 atom stereocenters. The van der Waals surface area contributed by atoms with Crippen LogP contribution in [-0.2, 0) is 14.2 Å². The van der Waals surface area contributed by atoms with Gasteiger partial charge in [-0.3, -0.25) is 0 Å². The molecule has 0 aliphatic rings. The van der Waals surface area contributed by atoms with Crippen LogP contribution in [-0.4, -0.2) is 44.3 Å². The molecule has 0 saturated carbocycles. The molecule has 0 heterocycles. The predicted octanol–water partition coefficient (Wildman–Crippen LogP) is 4.85. The van der Waals surface area contributed by atoms with Gasteiger partial charge in [0.05, 0.1) is 20.3 Å². The Bertz CT molecular complexity index is 270. The van der Waals surface area contributed by atoms with Crippen LogP contribution in [0.5, 0.6) is 0 Å². The van der Waals surface area contributed by atoms with Gasteiger partial charge < -0.3 is 19.3 Å². The summed E-state index contributed by atoms with van der Waals surface area (Å²) in [6.07, 6.45) is 14.3. The first-order valence-corrected chi connectivity index (χ1v) is 9.67. The highest BCUT2D eigenvalue weighted by molar-refractivity contribution is 5.59. The van der Waals surface area contributed by atoms with Crippen LogP contribution in [0.1, 0.15) is 84.0 Å². The van der Waals surface area contributed by atoms with Crippen molar-refractivity contribution in [1.82, 2.24) is 0 Å². The van der Waals surface area contributed by atoms with E-state index in [0.717, 1.165) is 12.8 Å². The van der Waals surface area contributed by atoms with Crippen LogP contribution in [0.3, 0.4) is 0 Å². The van der Waals surface area contributed by atoms with Crippen molar-refractivity contribution >= 4 is 6.16 Å². The number of carbonyl (C=O) groups excluding carboxylic acids is 1. The van der Waals surface area contributed by atoms with Gasteiger partial charge in [0.1, 0.15) is 0 Å². The molecule has 0 aliphatic heterocycles. The number of rotatable bonds is 17. The van der Waals surface area contributed by atoms with E-state index in [9.17, 15) is 4.79 Å². The zero-order valence-corrected chi connectivity index (χ0v) is 15.8. The fourth-order valence-corrected chi connectivity index (χ4v) is 2.57. The fraction of sp³-hybridized carbons (Fsp3) is 0.947. The van der Waals surface area contributed by atoms with Crippen molar-refractivity contribution in [1.29, 1.82) is 0 Å². The molecule has 1 unspecified atom stereocenters. The normalized spacial score (nSPS) is 12.1. The van der Waals surface area contributed by atoms with Crippen molar-refractivity contribution in [2.45, 2.75) is 90.1 Å². The number of unbranched alkanes of at least 4 members (excludes halogenated alkanes) is 11. The molecule has 0 fully saturated rings. The van der Waals surface area contributed by atoms with Crippen molar-refractivity contribution in [3.8, 4) is 0 Å². The highest BCUT2D eigenvalue weighted by Gasteiger charge is 2.13. The summed E-state index contributed by atoms with van der Waals surface area (Å²) < 4.78 is 14.6. The van der Waals surface area contributed by atoms with Crippen molar-refractivity contribution in [3.63, 3.8) is 0 Å². The second-order valence-electron chi connectivity index (χ2n) is 6.34. The first-order valence-electron chi connectivity index (χ1n) is 9.67. The minimum Gasteiger partial charge on any atom is -0.438 e. The van der Waals surface area contributed by atoms with Gasteiger partial charge in [0.15, 0.2) is 6.10 Å². The molecule has 0 aromatic rings. The second-order valence-corrected chi connectivity index (χ2v) is 6.34. The summed E-state index contributed by atoms with van der Waals surface area (Å²) in [6, 6.07) is 0. The van der Waals surface area contributed by atoms with Crippen LogP contribution in [0.25, 0.3) is 0 Å². The van der Waals surface area contributed by atoms with Gasteiger partial charge in [-0.2, -0.15) is 0 Å². The van der Waals surface area contributed by atoms with Gasteiger partial charge in [-0.1, -0.05) is 77.6 Å². The smallest absolute Gasteiger partial charge is 0.438 e. The molecule has 144 valence electrons. The third-order valence-corrected chi connectivity index (χ3v) is 4.08. The molecule has 24 heavy (non-hydrogen) atoms. The number of hydrogen-bond donors (Lipinski definition) is 1. The topological polar surface area (TPSA) is 65.0 Å². The highest BCUT2D eigenvalue weighted by Crippen LogP contribution is 2.12. The van der Waals surface area contributed by atoms with Gasteiger partial charge in [-0.15, -0.1) is 0 Å². The summed E-state index contributed by atoms with van der Waals surface area (Å²) in [7, 11) is 1.24. The van der Waals surface area contributed by atoms with Gasteiger partial charge in [0, 0.05) is 6.61 Å². The average molecular weight is 347 g/mol. The van der Waals surface area contributed by atoms with Gasteiger partial charge in [-0.05, 0) is 6.42 Å². The molecule has 1 N–H and O–H groups in total. The number of hydrogen-bond acceptors (Lipinski definition) is 5. The molecular formula is C19H38O5. The Kier molecular flexibility index (Phi) is 17.9. The second kappa shape index (κ2) is 18.5. The molecule has 0 amide bonds. The van der Waals surface area contributed by atoms with Crippen LogP contribution in [0.15, 0.2) is 0 Å². The van der Waals surface area contributed by atoms with E-state index in [2.05, 4.69) is 11.7 Å². The Hall–Kier alpha value is -0.810. The first-order chi connectivity index (χ1) is 11.7. The fourth-order valence-electron chi connectivity index (χ4n) is 2.57. The Morgan fingerprint density at radius 1 is 0.875 bits per heavy atom. The van der Waals surface area contributed by atoms with E-state index < -0.39 is 12.3 Å². The standard InChI is InChI=1S/C19H38O5/c1-3-4-5-6-7-8-9-10-11-12-13-14-15-23-17-18(16-20)24-19(21)22-2/h18,20H,3-17H2,1-2H3. The number of methoxy groups -OCH3 is 1. The molecule has 0 radical (unpaired) electrons. The zero-order valence-electron chi connectivity index (χ0n) is 15.8. The lowest BCUT2D eigenvalue weighted by atomic mass is 10.1. The Labute approximate surface area is 148 Å². The summed E-state index contributed by atoms with van der Waals surface area (Å²) in [5, 5.41) is 9.06. The molecule has 5 heteroatoms. The van der Waals surface area contributed by atoms with Crippen molar-refractivity contribution in [3.05, 3.63) is 0 Å². The molecule has 0 saturated heterocycles. The van der Waals surface area contributed by atoms with Crippen LogP contribution in [0.4, 0.5) is 4.79 Å². The number of aliphatic hydroxyl groups excluding tert-OH is 1. The molecule has 0 aromatic carbocycles. The van der Waals surface area contributed by atoms with E-state index >= 15 is 0 Å². The number of aliphatic hydroxyl groups is 1.